The van der Waals surface area contributed by atoms with Crippen LogP contribution in [0, 0.1) is 5.92 Å². The van der Waals surface area contributed by atoms with Gasteiger partial charge in [0.15, 0.2) is 0 Å². The van der Waals surface area contributed by atoms with Gasteiger partial charge in [-0.1, -0.05) is 26.0 Å². The number of carbonyl (C=O) groups is 18. The molecule has 13 atom stereocenters. The first-order valence-electron chi connectivity index (χ1n) is 34.2. The van der Waals surface area contributed by atoms with Crippen LogP contribution >= 0.6 is 0 Å². The van der Waals surface area contributed by atoms with E-state index in [1.54, 1.807) is 13.8 Å². The normalized spacial score (nSPS) is 19.7. The number of rotatable bonds is 37. The molecule has 0 saturated carbocycles. The van der Waals surface area contributed by atoms with Crippen LogP contribution in [0.25, 0.3) is 0 Å². The van der Waals surface area contributed by atoms with Crippen LogP contribution in [0.3, 0.4) is 0 Å². The molecule has 38 heteroatoms. The summed E-state index contributed by atoms with van der Waals surface area (Å²) in [6.07, 6.45) is -1.75. The van der Waals surface area contributed by atoms with Gasteiger partial charge in [-0.3, -0.25) is 81.5 Å². The number of nitrogens with two attached hydrogens (primary N) is 2. The number of nitrogens with one attached hydrogen (secondary N) is 10. The molecular formula is C65H96N16O22. The van der Waals surface area contributed by atoms with Crippen molar-refractivity contribution < 1.29 is 107 Å². The number of carboxylic acids is 3. The van der Waals surface area contributed by atoms with E-state index in [1.165, 1.54) is 56.9 Å². The first-order valence-corrected chi connectivity index (χ1v) is 34.2. The summed E-state index contributed by atoms with van der Waals surface area (Å²) in [6, 6.07) is -11.5. The van der Waals surface area contributed by atoms with Crippen molar-refractivity contribution in [1.29, 1.82) is 0 Å². The Morgan fingerprint density at radius 3 is 1.22 bits per heavy atom. The van der Waals surface area contributed by atoms with Crippen LogP contribution < -0.4 is 64.6 Å². The average molecular weight is 1450 g/mol. The number of phenols is 1. The topological polar surface area (TPSA) is 573 Å². The fourth-order valence-electron chi connectivity index (χ4n) is 12.3. The molecular weight excluding hydrogens is 1360 g/mol. The maximum atomic E-state index is 14.4. The number of nitrogens with zero attached hydrogens (tertiary/aromatic N) is 4. The minimum atomic E-state index is -1.61. The number of primary amides is 1. The van der Waals surface area contributed by atoms with Gasteiger partial charge in [0.25, 0.3) is 0 Å². The van der Waals surface area contributed by atoms with Crippen molar-refractivity contribution in [2.75, 3.05) is 39.3 Å². The van der Waals surface area contributed by atoms with Crippen LogP contribution in [0.4, 0.5) is 0 Å². The maximum absolute atomic E-state index is 14.4. The second-order valence-corrected chi connectivity index (χ2v) is 26.3. The summed E-state index contributed by atoms with van der Waals surface area (Å²) in [5, 5.41) is 63.3. The summed E-state index contributed by atoms with van der Waals surface area (Å²) in [5.41, 5.74) is 11.4. The Hall–Kier alpha value is -10.6. The number of benzene rings is 1. The highest BCUT2D eigenvalue weighted by atomic mass is 16.4. The number of carbonyl (C=O) groups excluding carboxylic acids is 15. The third-order valence-corrected chi connectivity index (χ3v) is 17.9. The third kappa shape index (κ3) is 24.6. The summed E-state index contributed by atoms with van der Waals surface area (Å²) in [7, 11) is 0. The molecule has 15 amide bonds. The molecule has 568 valence electrons. The molecule has 5 rings (SSSR count). The molecule has 4 heterocycles. The highest BCUT2D eigenvalue weighted by Crippen LogP contribution is 2.25. The lowest BCUT2D eigenvalue weighted by atomic mass is 10.0. The van der Waals surface area contributed by atoms with Gasteiger partial charge < -0.3 is 105 Å². The molecule has 4 saturated heterocycles. The summed E-state index contributed by atoms with van der Waals surface area (Å²) in [4.78, 5) is 243. The third-order valence-electron chi connectivity index (χ3n) is 17.9. The second kappa shape index (κ2) is 39.0. The zero-order valence-electron chi connectivity index (χ0n) is 58.3. The summed E-state index contributed by atoms with van der Waals surface area (Å²) < 4.78 is 0. The van der Waals surface area contributed by atoms with Crippen LogP contribution in [0.1, 0.15) is 137 Å². The van der Waals surface area contributed by atoms with E-state index in [0.29, 0.717) is 12.0 Å². The predicted molar refractivity (Wildman–Crippen MR) is 358 cm³/mol. The standard InChI is InChI=1S/C65H96N16O22/c1-32(2)52(60(97)76-42(65(102)103)29-37-15-17-38(82)18-16-37)77-49(85)31-69-56(93)43-11-7-26-79(43)62(99)39(19-22-47(67)83)73-54(91)34(4)71-57(94)44-12-9-27-80(44)63(100)40(20-23-50(86)87)74-55(92)35(5)72-58(95)45-13-10-28-81(45)64(101)41(21-24-51(88)89)75-59(96)46-14-8-25-78(46)61(98)36(6)70-48(84)30-68-53(90)33(3)66/h15-18,32-36,39-46,52,82H,7-14,19-31,66H2,1-6H3,(H2,67,83)(H,68,90)(H,69,93)(H,70,84)(H,71,94)(H,72,95)(H,73,91)(H,74,92)(H,75,96)(H,76,97)(H,77,85)(H,86,87)(H,88,89)(H,102,103)/t33-,34-,35-,36-,39-,40-,41-,42-,43-,44-,45-,46-,52-/m0/s1. The van der Waals surface area contributed by atoms with Gasteiger partial charge in [0.1, 0.15) is 78.3 Å². The van der Waals surface area contributed by atoms with E-state index in [4.69, 9.17) is 11.5 Å². The number of carboxylic acid groups (broad SMARTS) is 3. The maximum Gasteiger partial charge on any atom is 0.326 e. The number of hydrogen-bond donors (Lipinski definition) is 16. The molecule has 1 aromatic rings. The Balaban J connectivity index is 1.18. The lowest BCUT2D eigenvalue weighted by molar-refractivity contribution is -0.145. The Labute approximate surface area is 592 Å². The zero-order valence-corrected chi connectivity index (χ0v) is 58.3. The number of hydrogen-bond acceptors (Lipinski definition) is 20. The smallest absolute Gasteiger partial charge is 0.326 e. The van der Waals surface area contributed by atoms with Crippen molar-refractivity contribution in [1.82, 2.24) is 72.8 Å². The van der Waals surface area contributed by atoms with Crippen LogP contribution in [0.15, 0.2) is 24.3 Å². The molecule has 0 unspecified atom stereocenters. The van der Waals surface area contributed by atoms with E-state index < -0.39 is 236 Å². The van der Waals surface area contributed by atoms with Gasteiger partial charge in [0, 0.05) is 51.9 Å². The quantitative estimate of drug-likeness (QED) is 0.0295. The Morgan fingerprint density at radius 1 is 0.437 bits per heavy atom. The minimum absolute atomic E-state index is 0.0102. The Morgan fingerprint density at radius 2 is 0.816 bits per heavy atom. The lowest BCUT2D eigenvalue weighted by Crippen LogP contribution is -2.59. The Bertz CT molecular complexity index is 3350. The molecule has 4 aliphatic rings. The van der Waals surface area contributed by atoms with Gasteiger partial charge >= 0.3 is 17.9 Å². The lowest BCUT2D eigenvalue weighted by Gasteiger charge is -2.32. The van der Waals surface area contributed by atoms with Crippen LogP contribution in [-0.2, 0) is 92.7 Å². The van der Waals surface area contributed by atoms with Crippen LogP contribution in [0.2, 0.25) is 0 Å². The summed E-state index contributed by atoms with van der Waals surface area (Å²) in [6.45, 7) is 7.23. The highest BCUT2D eigenvalue weighted by molar-refractivity contribution is 6.00. The van der Waals surface area contributed by atoms with Crippen molar-refractivity contribution >= 4 is 107 Å². The molecule has 0 spiro atoms. The average Bonchev–Trinajstić information content (AvgIpc) is 1.75. The molecule has 0 bridgehead atoms. The molecule has 18 N–H and O–H groups in total. The SMILES string of the molecule is CC(C)[C@H](NC(=O)CNC(=O)[C@@H]1CCCN1C(=O)[C@H](CCC(N)=O)NC(=O)[C@H](C)NC(=O)[C@@H]1CCCN1C(=O)[C@H](CCC(=O)O)NC(=O)[C@H](C)NC(=O)[C@@H]1CCCN1C(=O)[C@H](CCC(=O)O)NC(=O)[C@@H]1CCCN1C(=O)[C@H](C)NC(=O)CNC(=O)[C@H](C)N)C(=O)N[C@@H](Cc1ccc(O)cc1)C(=O)O. The van der Waals surface area contributed by atoms with Crippen molar-refractivity contribution in [3.05, 3.63) is 29.8 Å². The first-order chi connectivity index (χ1) is 48.5. The van der Waals surface area contributed by atoms with Gasteiger partial charge in [0.2, 0.25) is 88.6 Å². The molecule has 1 aromatic carbocycles. The van der Waals surface area contributed by atoms with E-state index in [9.17, 15) is 107 Å². The monoisotopic (exact) mass is 1450 g/mol. The zero-order chi connectivity index (χ0) is 76.7. The fraction of sp³-hybridized carbons (Fsp3) is 0.631. The van der Waals surface area contributed by atoms with E-state index in [1.807, 2.05) is 0 Å². The van der Waals surface area contributed by atoms with E-state index in [-0.39, 0.29) is 89.7 Å². The van der Waals surface area contributed by atoms with Crippen LogP contribution in [0.5, 0.6) is 5.75 Å². The minimum Gasteiger partial charge on any atom is -0.508 e. The van der Waals surface area contributed by atoms with Gasteiger partial charge in [-0.25, -0.2) is 4.79 Å². The molecule has 4 aliphatic heterocycles. The number of aliphatic carboxylic acids is 3. The van der Waals surface area contributed by atoms with Crippen LogP contribution in [-0.4, -0.2) is 264 Å². The number of likely N-dealkylation sites (tertiary alicyclic amines) is 4. The predicted octanol–water partition coefficient (Wildman–Crippen LogP) is -5.85. The molecule has 38 nitrogen and oxygen atoms in total. The summed E-state index contributed by atoms with van der Waals surface area (Å²) in [5.74, 6) is -17.1. The number of amides is 15. The summed E-state index contributed by atoms with van der Waals surface area (Å²) >= 11 is 0. The largest absolute Gasteiger partial charge is 0.508 e. The number of aromatic hydroxyl groups is 1. The van der Waals surface area contributed by atoms with Crippen molar-refractivity contribution in [3.63, 3.8) is 0 Å². The second-order valence-electron chi connectivity index (χ2n) is 26.3. The van der Waals surface area contributed by atoms with Gasteiger partial charge in [-0.05, 0) is 122 Å². The Kier molecular flexibility index (Phi) is 31.5. The van der Waals surface area contributed by atoms with E-state index >= 15 is 0 Å². The molecule has 4 fully saturated rings. The van der Waals surface area contributed by atoms with E-state index in [0.717, 1.165) is 14.7 Å². The molecule has 103 heavy (non-hydrogen) atoms. The molecule has 0 aliphatic carbocycles. The first kappa shape index (κ1) is 83.1. The van der Waals surface area contributed by atoms with Gasteiger partial charge in [-0.15, -0.1) is 0 Å². The van der Waals surface area contributed by atoms with Gasteiger partial charge in [-0.2, -0.15) is 0 Å². The fourth-order valence-corrected chi connectivity index (χ4v) is 12.3. The molecule has 0 radical (unpaired) electrons. The van der Waals surface area contributed by atoms with Crippen molar-refractivity contribution in [2.45, 2.75) is 216 Å². The van der Waals surface area contributed by atoms with Crippen molar-refractivity contribution in [2.24, 2.45) is 17.4 Å². The highest BCUT2D eigenvalue weighted by Gasteiger charge is 2.45. The number of phenolic OH excluding ortho intramolecular Hbond substituents is 1. The van der Waals surface area contributed by atoms with Gasteiger partial charge in [0.05, 0.1) is 19.1 Å². The van der Waals surface area contributed by atoms with Crippen molar-refractivity contribution in [3.8, 4) is 5.75 Å². The van der Waals surface area contributed by atoms with E-state index in [2.05, 4.69) is 53.2 Å². The molecule has 0 aromatic heterocycles.